The first-order chi connectivity index (χ1) is 20.1. The number of Topliss-reactive ketones (excluding diaryl/α,β-unsaturated/α-hetero) is 1. The predicted octanol–water partition coefficient (Wildman–Crippen LogP) is 5.35. The van der Waals surface area contributed by atoms with Crippen molar-refractivity contribution >= 4 is 11.8 Å². The fourth-order valence-corrected chi connectivity index (χ4v) is 7.77. The second kappa shape index (κ2) is 10.7. The SMILES string of the molecule is C=C(C)[C@]12C[C@@H](C)[C@@]3(OCc4ccccc4)[C@@H](C=C(COC(=O)c4ccccc4)C[C@]4(O)C(=O)C(C)=C[C@@H]34)[C@H]1OCO2. The Morgan fingerprint density at radius 1 is 1.07 bits per heavy atom. The third-order valence-corrected chi connectivity index (χ3v) is 9.78. The molecule has 1 heterocycles. The van der Waals surface area contributed by atoms with Gasteiger partial charge >= 0.3 is 5.97 Å². The number of ketones is 1. The van der Waals surface area contributed by atoms with E-state index in [2.05, 4.69) is 13.5 Å². The van der Waals surface area contributed by atoms with Gasteiger partial charge < -0.3 is 24.1 Å². The third kappa shape index (κ3) is 4.42. The van der Waals surface area contributed by atoms with Crippen LogP contribution in [0.4, 0.5) is 0 Å². The van der Waals surface area contributed by atoms with Gasteiger partial charge in [-0.1, -0.05) is 74.2 Å². The van der Waals surface area contributed by atoms with Crippen molar-refractivity contribution in [1.82, 2.24) is 0 Å². The standard InChI is InChI=1S/C35H38O7/c1-22(2)34-17-24(4)35(41-20-25-11-7-5-8-12-25)28(31(34)40-21-42-34)16-26(18-33(38)29(35)15-23(3)30(33)36)19-39-32(37)27-13-9-6-10-14-27/h5-16,24,28-29,31,38H,1,17-21H2,2-4H3/t24-,28+,29-,31-,33-,34-,35-/m1/s1. The monoisotopic (exact) mass is 570 g/mol. The van der Waals surface area contributed by atoms with Gasteiger partial charge in [0, 0.05) is 18.3 Å². The van der Waals surface area contributed by atoms with E-state index in [0.29, 0.717) is 23.1 Å². The average Bonchev–Trinajstić information content (AvgIpc) is 3.48. The van der Waals surface area contributed by atoms with Gasteiger partial charge in [0.05, 0.1) is 17.8 Å². The number of esters is 1. The van der Waals surface area contributed by atoms with Crippen LogP contribution in [0, 0.1) is 17.8 Å². The fraction of sp³-hybridized carbons (Fsp3) is 0.429. The number of hydrogen-bond acceptors (Lipinski definition) is 7. The highest BCUT2D eigenvalue weighted by atomic mass is 16.7. The summed E-state index contributed by atoms with van der Waals surface area (Å²) in [5.41, 5.74) is -0.144. The molecule has 0 unspecified atom stereocenters. The zero-order valence-electron chi connectivity index (χ0n) is 24.4. The number of fused-ring (bicyclic) bond motifs is 5. The smallest absolute Gasteiger partial charge is 0.338 e. The van der Waals surface area contributed by atoms with Crippen LogP contribution in [-0.4, -0.2) is 53.2 Å². The first kappa shape index (κ1) is 28.7. The van der Waals surface area contributed by atoms with E-state index in [1.54, 1.807) is 31.2 Å². The van der Waals surface area contributed by atoms with E-state index in [1.165, 1.54) is 0 Å². The van der Waals surface area contributed by atoms with Gasteiger partial charge in [0.25, 0.3) is 0 Å². The fourth-order valence-electron chi connectivity index (χ4n) is 7.77. The number of carbonyl (C=O) groups excluding carboxylic acids is 2. The van der Waals surface area contributed by atoms with E-state index in [9.17, 15) is 14.7 Å². The molecule has 220 valence electrons. The summed E-state index contributed by atoms with van der Waals surface area (Å²) < 4.78 is 25.4. The van der Waals surface area contributed by atoms with Crippen LogP contribution < -0.4 is 0 Å². The molecule has 1 aliphatic heterocycles. The summed E-state index contributed by atoms with van der Waals surface area (Å²) in [6.07, 6.45) is 3.99. The molecule has 7 heteroatoms. The van der Waals surface area contributed by atoms with E-state index in [1.807, 2.05) is 55.5 Å². The number of aliphatic hydroxyl groups is 1. The zero-order chi connectivity index (χ0) is 29.7. The number of rotatable bonds is 7. The molecule has 7 nitrogen and oxygen atoms in total. The highest BCUT2D eigenvalue weighted by Crippen LogP contribution is 2.61. The molecule has 1 saturated carbocycles. The van der Waals surface area contributed by atoms with Crippen LogP contribution in [-0.2, 0) is 30.3 Å². The summed E-state index contributed by atoms with van der Waals surface area (Å²) in [5, 5.41) is 12.4. The van der Waals surface area contributed by atoms with Crippen molar-refractivity contribution in [2.75, 3.05) is 13.4 Å². The summed E-state index contributed by atoms with van der Waals surface area (Å²) in [5.74, 6) is -2.08. The molecule has 2 fully saturated rings. The number of benzene rings is 2. The van der Waals surface area contributed by atoms with Crippen molar-refractivity contribution in [3.8, 4) is 0 Å². The third-order valence-electron chi connectivity index (χ3n) is 9.78. The first-order valence-electron chi connectivity index (χ1n) is 14.6. The molecule has 0 aromatic heterocycles. The molecule has 7 atom stereocenters. The van der Waals surface area contributed by atoms with Crippen LogP contribution in [0.15, 0.2) is 96.1 Å². The van der Waals surface area contributed by atoms with Crippen LogP contribution in [0.3, 0.4) is 0 Å². The van der Waals surface area contributed by atoms with Gasteiger partial charge in [0.15, 0.2) is 5.78 Å². The van der Waals surface area contributed by atoms with Gasteiger partial charge in [-0.15, -0.1) is 0 Å². The van der Waals surface area contributed by atoms with Crippen molar-refractivity contribution in [2.24, 2.45) is 17.8 Å². The zero-order valence-corrected chi connectivity index (χ0v) is 24.4. The molecule has 0 radical (unpaired) electrons. The number of carbonyl (C=O) groups is 2. The molecule has 0 amide bonds. The molecule has 6 rings (SSSR count). The normalized spacial score (nSPS) is 35.3. The minimum Gasteiger partial charge on any atom is -0.458 e. The van der Waals surface area contributed by atoms with E-state index >= 15 is 0 Å². The maximum absolute atomic E-state index is 13.7. The van der Waals surface area contributed by atoms with Crippen LogP contribution in [0.5, 0.6) is 0 Å². The van der Waals surface area contributed by atoms with Crippen molar-refractivity contribution < 1.29 is 33.6 Å². The van der Waals surface area contributed by atoms with Crippen molar-refractivity contribution in [3.63, 3.8) is 0 Å². The quantitative estimate of drug-likeness (QED) is 0.355. The number of hydrogen-bond donors (Lipinski definition) is 1. The lowest BCUT2D eigenvalue weighted by Gasteiger charge is -2.58. The second-order valence-electron chi connectivity index (χ2n) is 12.3. The van der Waals surface area contributed by atoms with Crippen molar-refractivity contribution in [3.05, 3.63) is 107 Å². The van der Waals surface area contributed by atoms with E-state index in [-0.39, 0.29) is 38.1 Å². The molecule has 1 saturated heterocycles. The van der Waals surface area contributed by atoms with Crippen LogP contribution in [0.2, 0.25) is 0 Å². The molecular weight excluding hydrogens is 532 g/mol. The van der Waals surface area contributed by atoms with Crippen LogP contribution in [0.1, 0.15) is 49.5 Å². The Balaban J connectivity index is 1.47. The summed E-state index contributed by atoms with van der Waals surface area (Å²) in [7, 11) is 0. The maximum atomic E-state index is 13.7. The Labute approximate surface area is 246 Å². The molecule has 2 aromatic carbocycles. The van der Waals surface area contributed by atoms with Gasteiger partial charge in [-0.25, -0.2) is 4.79 Å². The topological polar surface area (TPSA) is 91.3 Å². The molecule has 4 aliphatic rings. The Morgan fingerprint density at radius 3 is 2.45 bits per heavy atom. The minimum absolute atomic E-state index is 0.0136. The first-order valence-corrected chi connectivity index (χ1v) is 14.6. The molecule has 0 bridgehead atoms. The van der Waals surface area contributed by atoms with E-state index in [4.69, 9.17) is 18.9 Å². The predicted molar refractivity (Wildman–Crippen MR) is 156 cm³/mol. The minimum atomic E-state index is -1.77. The van der Waals surface area contributed by atoms with Crippen LogP contribution in [0.25, 0.3) is 0 Å². The molecule has 2 aromatic rings. The summed E-state index contributed by atoms with van der Waals surface area (Å²) in [6, 6.07) is 18.6. The van der Waals surface area contributed by atoms with Gasteiger partial charge in [0.2, 0.25) is 0 Å². The van der Waals surface area contributed by atoms with E-state index < -0.39 is 40.7 Å². The Bertz CT molecular complexity index is 1450. The van der Waals surface area contributed by atoms with Crippen molar-refractivity contribution in [1.29, 1.82) is 0 Å². The average molecular weight is 571 g/mol. The highest BCUT2D eigenvalue weighted by molar-refractivity contribution is 6.04. The lowest BCUT2D eigenvalue weighted by molar-refractivity contribution is -0.228. The summed E-state index contributed by atoms with van der Waals surface area (Å²) in [4.78, 5) is 26.6. The van der Waals surface area contributed by atoms with E-state index in [0.717, 1.165) is 11.1 Å². The maximum Gasteiger partial charge on any atom is 0.338 e. The van der Waals surface area contributed by atoms with Gasteiger partial charge in [-0.05, 0) is 60.6 Å². The summed E-state index contributed by atoms with van der Waals surface area (Å²) >= 11 is 0. The van der Waals surface area contributed by atoms with Crippen molar-refractivity contribution in [2.45, 2.75) is 63.1 Å². The largest absolute Gasteiger partial charge is 0.458 e. The summed E-state index contributed by atoms with van der Waals surface area (Å²) in [6.45, 7) is 10.4. The van der Waals surface area contributed by atoms with Gasteiger partial charge in [-0.3, -0.25) is 4.79 Å². The Hall–Kier alpha value is -3.36. The second-order valence-corrected chi connectivity index (χ2v) is 12.3. The molecule has 3 aliphatic carbocycles. The van der Waals surface area contributed by atoms with Gasteiger partial charge in [0.1, 0.15) is 30.7 Å². The Morgan fingerprint density at radius 2 is 1.76 bits per heavy atom. The Kier molecular flexibility index (Phi) is 7.34. The number of ether oxygens (including phenoxy) is 4. The molecule has 1 N–H and O–H groups in total. The van der Waals surface area contributed by atoms with Crippen LogP contribution >= 0.6 is 0 Å². The highest BCUT2D eigenvalue weighted by Gasteiger charge is 2.70. The molecule has 42 heavy (non-hydrogen) atoms. The lowest BCUT2D eigenvalue weighted by atomic mass is 9.55. The molecule has 0 spiro atoms. The molecular formula is C35H38O7. The lowest BCUT2D eigenvalue weighted by Crippen LogP contribution is -2.68. The van der Waals surface area contributed by atoms with Gasteiger partial charge in [-0.2, -0.15) is 0 Å².